The van der Waals surface area contributed by atoms with Gasteiger partial charge in [0.2, 0.25) is 0 Å². The van der Waals surface area contributed by atoms with E-state index in [0.717, 1.165) is 40.9 Å². The van der Waals surface area contributed by atoms with Crippen LogP contribution in [0.1, 0.15) is 17.7 Å². The van der Waals surface area contributed by atoms with E-state index in [4.69, 9.17) is 0 Å². The lowest BCUT2D eigenvalue weighted by Gasteiger charge is -2.42. The van der Waals surface area contributed by atoms with Crippen LogP contribution >= 0.6 is 10.0 Å². The first kappa shape index (κ1) is 40.7. The fourth-order valence-electron chi connectivity index (χ4n) is 10.9. The van der Waals surface area contributed by atoms with Crippen molar-refractivity contribution in [2.75, 3.05) is 0 Å². The van der Waals surface area contributed by atoms with Crippen LogP contribution in [-0.2, 0) is 6.42 Å². The van der Waals surface area contributed by atoms with Gasteiger partial charge in [-0.05, 0) is 127 Å². The Morgan fingerprint density at radius 2 is 0.986 bits per heavy atom. The number of hydrogen-bond donors (Lipinski definition) is 0. The fourth-order valence-corrected chi connectivity index (χ4v) is 14.9. The molecule has 0 atom stereocenters. The van der Waals surface area contributed by atoms with Crippen molar-refractivity contribution in [1.29, 1.82) is 0 Å². The van der Waals surface area contributed by atoms with Crippen LogP contribution in [0.3, 0.4) is 0 Å². The van der Waals surface area contributed by atoms with Crippen molar-refractivity contribution < 1.29 is 0 Å². The molecule has 2 nitrogen and oxygen atoms in total. The second-order valence-corrected chi connectivity index (χ2v) is 20.9. The third kappa shape index (κ3) is 6.68. The molecular formula is C66H46N2S. The molecule has 326 valence electrons. The van der Waals surface area contributed by atoms with Crippen LogP contribution in [0, 0.1) is 12.1 Å². The summed E-state index contributed by atoms with van der Waals surface area (Å²) in [5.41, 5.74) is 15.4. The second kappa shape index (κ2) is 17.0. The van der Waals surface area contributed by atoms with E-state index in [0.29, 0.717) is 0 Å². The Morgan fingerprint density at radius 1 is 0.406 bits per heavy atom. The Balaban J connectivity index is 1.11. The first-order valence-electron chi connectivity index (χ1n) is 23.8. The van der Waals surface area contributed by atoms with E-state index in [-0.39, 0.29) is 0 Å². The number of benzene rings is 9. The largest absolute Gasteiger partial charge is 0.312 e. The molecule has 2 aromatic heterocycles. The predicted molar refractivity (Wildman–Crippen MR) is 289 cm³/mol. The average Bonchev–Trinajstić information content (AvgIpc) is 3.94. The highest BCUT2D eigenvalue weighted by Crippen LogP contribution is 2.74. The number of nitrogens with zero attached hydrogens (tertiary/aromatic N) is 2. The van der Waals surface area contributed by atoms with Gasteiger partial charge in [-0.25, -0.2) is 0 Å². The molecule has 0 saturated heterocycles. The Morgan fingerprint density at radius 3 is 1.65 bits per heavy atom. The maximum absolute atomic E-state index is 3.62. The summed E-state index contributed by atoms with van der Waals surface area (Å²) in [4.78, 5) is 5.11. The van der Waals surface area contributed by atoms with Crippen molar-refractivity contribution >= 4 is 48.8 Å². The zero-order valence-electron chi connectivity index (χ0n) is 38.0. The lowest BCUT2D eigenvalue weighted by Crippen LogP contribution is -2.10. The summed E-state index contributed by atoms with van der Waals surface area (Å²) in [6.07, 6.45) is 6.60. The fraction of sp³-hybridized carbons (Fsp3) is 0.0303. The molecular weight excluding hydrogens is 853 g/mol. The van der Waals surface area contributed by atoms with Crippen LogP contribution in [0.15, 0.2) is 268 Å². The summed E-state index contributed by atoms with van der Waals surface area (Å²) in [5, 5.41) is 3.73. The highest BCUT2D eigenvalue weighted by molar-refractivity contribution is 8.34. The molecule has 0 aliphatic heterocycles. The monoisotopic (exact) mass is 898 g/mol. The van der Waals surface area contributed by atoms with Crippen LogP contribution in [0.2, 0.25) is 0 Å². The summed E-state index contributed by atoms with van der Waals surface area (Å²) in [6, 6.07) is 96.4. The number of hydrogen-bond acceptors (Lipinski definition) is 0. The van der Waals surface area contributed by atoms with Gasteiger partial charge in [0.05, 0.1) is 22.2 Å². The molecule has 0 fully saturated rings. The van der Waals surface area contributed by atoms with Crippen molar-refractivity contribution in [2.24, 2.45) is 0 Å². The van der Waals surface area contributed by atoms with Crippen molar-refractivity contribution in [3.63, 3.8) is 0 Å². The van der Waals surface area contributed by atoms with E-state index in [9.17, 15) is 0 Å². The Labute approximate surface area is 405 Å². The quantitative estimate of drug-likeness (QED) is 0.137. The number of rotatable bonds is 9. The molecule has 0 spiro atoms. The summed E-state index contributed by atoms with van der Waals surface area (Å²) >= 11 is 0. The number of para-hydroxylation sites is 1. The Bertz CT molecular complexity index is 3700. The van der Waals surface area contributed by atoms with Crippen molar-refractivity contribution in [3.05, 3.63) is 272 Å². The second-order valence-electron chi connectivity index (χ2n) is 17.8. The van der Waals surface area contributed by atoms with Crippen LogP contribution < -0.4 is 0 Å². The maximum Gasteiger partial charge on any atom is 0.0623 e. The van der Waals surface area contributed by atoms with Crippen molar-refractivity contribution in [2.45, 2.75) is 32.4 Å². The van der Waals surface area contributed by atoms with Crippen LogP contribution in [-0.4, -0.2) is 9.13 Å². The Hall–Kier alpha value is -8.55. The molecule has 0 amide bonds. The van der Waals surface area contributed by atoms with Gasteiger partial charge < -0.3 is 9.13 Å². The normalized spacial score (nSPS) is 12.6. The smallest absolute Gasteiger partial charge is 0.0623 e. The number of aromatic nitrogens is 2. The minimum Gasteiger partial charge on any atom is -0.312 e. The third-order valence-electron chi connectivity index (χ3n) is 13.9. The number of allylic oxidation sites excluding steroid dienone is 1. The van der Waals surface area contributed by atoms with Gasteiger partial charge in [0.25, 0.3) is 0 Å². The first-order valence-corrected chi connectivity index (χ1v) is 25.4. The average molecular weight is 899 g/mol. The molecule has 0 saturated carbocycles. The molecule has 10 aromatic carbocycles. The van der Waals surface area contributed by atoms with Gasteiger partial charge in [-0.2, -0.15) is 0 Å². The minimum atomic E-state index is -2.05. The van der Waals surface area contributed by atoms with E-state index in [2.05, 4.69) is 270 Å². The zero-order valence-corrected chi connectivity index (χ0v) is 38.8. The molecule has 0 N–H and O–H groups in total. The van der Waals surface area contributed by atoms with Gasteiger partial charge in [0.15, 0.2) is 0 Å². The van der Waals surface area contributed by atoms with Crippen LogP contribution in [0.4, 0.5) is 0 Å². The summed E-state index contributed by atoms with van der Waals surface area (Å²) in [7, 11) is -2.05. The van der Waals surface area contributed by atoms with Gasteiger partial charge in [-0.1, -0.05) is 170 Å². The lowest BCUT2D eigenvalue weighted by molar-refractivity contribution is 0.889. The van der Waals surface area contributed by atoms with Crippen LogP contribution in [0.5, 0.6) is 0 Å². The lowest BCUT2D eigenvalue weighted by atomic mass is 9.95. The van der Waals surface area contributed by atoms with Gasteiger partial charge in [-0.3, -0.25) is 0 Å². The molecule has 1 aliphatic carbocycles. The summed E-state index contributed by atoms with van der Waals surface area (Å²) in [6.45, 7) is 0. The topological polar surface area (TPSA) is 9.86 Å². The molecule has 0 radical (unpaired) electrons. The molecule has 0 unspecified atom stereocenters. The maximum atomic E-state index is 3.62. The van der Waals surface area contributed by atoms with E-state index < -0.39 is 10.0 Å². The third-order valence-corrected chi connectivity index (χ3v) is 17.8. The number of fused-ring (bicyclic) bond motifs is 6. The highest BCUT2D eigenvalue weighted by Gasteiger charge is 2.36. The van der Waals surface area contributed by atoms with E-state index in [1.54, 1.807) is 0 Å². The van der Waals surface area contributed by atoms with Crippen molar-refractivity contribution in [3.8, 4) is 44.8 Å². The van der Waals surface area contributed by atoms with E-state index >= 15 is 0 Å². The van der Waals surface area contributed by atoms with E-state index in [1.807, 2.05) is 6.07 Å². The molecule has 69 heavy (non-hydrogen) atoms. The highest BCUT2D eigenvalue weighted by atomic mass is 32.3. The minimum absolute atomic E-state index is 0.917. The standard InChI is InChI=1S/C66H46N2S/c1-7-23-47(24-8-1)50-39-41-64-60(43-50)56-35-19-21-37-62(56)67(64)51-40-42-65-61(44-51)57-36-20-22-38-63(57)68(65)66-58(48-25-9-2-10-26-48)45-55(46-59(66)49-27-11-3-12-28-49)69(52-29-13-4-14-30-52,53-31-15-5-16-32-53)54-33-17-6-18-34-54/h1-11,13-21,23-27,29-37,39-46H,22,38H2. The Kier molecular flexibility index (Phi) is 10.0. The van der Waals surface area contributed by atoms with Gasteiger partial charge >= 0.3 is 0 Å². The molecule has 12 aromatic rings. The van der Waals surface area contributed by atoms with Gasteiger partial charge in [0, 0.05) is 69.4 Å². The van der Waals surface area contributed by atoms with Gasteiger partial charge in [0.1, 0.15) is 0 Å². The molecule has 13 rings (SSSR count). The molecule has 3 heteroatoms. The van der Waals surface area contributed by atoms with Crippen molar-refractivity contribution in [1.82, 2.24) is 9.13 Å². The van der Waals surface area contributed by atoms with E-state index in [1.165, 1.54) is 80.2 Å². The zero-order chi connectivity index (χ0) is 45.7. The predicted octanol–water partition coefficient (Wildman–Crippen LogP) is 17.6. The van der Waals surface area contributed by atoms with Gasteiger partial charge in [-0.15, -0.1) is 10.0 Å². The molecule has 1 aliphatic rings. The van der Waals surface area contributed by atoms with Crippen LogP contribution in [0.25, 0.3) is 83.5 Å². The first-order chi connectivity index (χ1) is 34.3. The molecule has 2 heterocycles. The SMILES string of the molecule is c1cccc(-c2cc(S(c3ccccc3)(c3ccccc3)c3ccccc3)cc(-c3ccccc3)c2-n2c3c(c4cc(-n5c6ccccc6c6cc(-c7ccccc7)ccc65)ccc42)C=CCC3)c#1. The summed E-state index contributed by atoms with van der Waals surface area (Å²) < 4.78 is 5.06. The molecule has 0 bridgehead atoms. The summed E-state index contributed by atoms with van der Waals surface area (Å²) in [5.74, 6) is 0.